The Balaban J connectivity index is 2.99. The highest BCUT2D eigenvalue weighted by molar-refractivity contribution is 6.15. The van der Waals surface area contributed by atoms with Crippen LogP contribution in [0.5, 0.6) is 11.5 Å². The Morgan fingerprint density at radius 3 is 1.93 bits per heavy atom. The molecule has 9 nitrogen and oxygen atoms in total. The molecule has 2 aromatic rings. The minimum atomic E-state index is -1.41. The third-order valence-corrected chi connectivity index (χ3v) is 4.00. The number of primary amides is 1. The number of aliphatic carboxylic acids is 2. The summed E-state index contributed by atoms with van der Waals surface area (Å²) in [7, 11) is 1.11. The smallest absolute Gasteiger partial charge is 0.307 e. The molecule has 0 saturated heterocycles. The number of phenols is 1. The molecule has 146 valence electrons. The number of hydrogen-bond donors (Lipinski definition) is 4. The molecule has 0 fully saturated rings. The summed E-state index contributed by atoms with van der Waals surface area (Å²) < 4.78 is 5.03. The Bertz CT molecular complexity index is 966. The highest BCUT2D eigenvalue weighted by atomic mass is 16.5. The molecule has 5 N–H and O–H groups in total. The lowest BCUT2D eigenvalue weighted by Crippen LogP contribution is -2.22. The first-order chi connectivity index (χ1) is 13.2. The van der Waals surface area contributed by atoms with E-state index < -0.39 is 53.5 Å². The van der Waals surface area contributed by atoms with Crippen LogP contribution < -0.4 is 10.5 Å². The number of rotatable bonds is 8. The van der Waals surface area contributed by atoms with Crippen LogP contribution in [0.4, 0.5) is 0 Å². The molecule has 0 saturated carbocycles. The van der Waals surface area contributed by atoms with Crippen molar-refractivity contribution in [1.29, 1.82) is 0 Å². The van der Waals surface area contributed by atoms with Crippen molar-refractivity contribution >= 4 is 23.6 Å². The number of carboxylic acids is 2. The van der Waals surface area contributed by atoms with Crippen LogP contribution in [-0.2, 0) is 22.4 Å². The van der Waals surface area contributed by atoms with Gasteiger partial charge in [-0.15, -0.1) is 0 Å². The number of nitrogens with two attached hydrogens (primary N) is 1. The van der Waals surface area contributed by atoms with E-state index in [1.54, 1.807) is 18.2 Å². The second kappa shape index (κ2) is 8.21. The highest BCUT2D eigenvalue weighted by Crippen LogP contribution is 2.41. The molecule has 28 heavy (non-hydrogen) atoms. The predicted molar refractivity (Wildman–Crippen MR) is 95.7 cm³/mol. The van der Waals surface area contributed by atoms with Crippen LogP contribution in [0.3, 0.4) is 0 Å². The van der Waals surface area contributed by atoms with Gasteiger partial charge < -0.3 is 25.8 Å². The first kappa shape index (κ1) is 20.4. The van der Waals surface area contributed by atoms with Gasteiger partial charge in [-0.25, -0.2) is 0 Å². The third-order valence-electron chi connectivity index (χ3n) is 4.00. The average Bonchev–Trinajstić information content (AvgIpc) is 2.61. The summed E-state index contributed by atoms with van der Waals surface area (Å²) in [6, 6.07) is 7.67. The molecule has 0 radical (unpaired) electrons. The molecule has 1 amide bonds. The number of ether oxygens (including phenoxy) is 1. The van der Waals surface area contributed by atoms with E-state index in [0.29, 0.717) is 0 Å². The third kappa shape index (κ3) is 3.93. The van der Waals surface area contributed by atoms with Gasteiger partial charge in [-0.2, -0.15) is 0 Å². The average molecular weight is 387 g/mol. The van der Waals surface area contributed by atoms with Crippen LogP contribution >= 0.6 is 0 Å². The van der Waals surface area contributed by atoms with E-state index in [1.807, 2.05) is 0 Å². The van der Waals surface area contributed by atoms with E-state index in [9.17, 15) is 34.5 Å². The minimum Gasteiger partial charge on any atom is -0.504 e. The molecule has 0 aliphatic heterocycles. The van der Waals surface area contributed by atoms with Gasteiger partial charge in [0, 0.05) is 16.7 Å². The number of hydrogen-bond acceptors (Lipinski definition) is 6. The first-order valence-corrected chi connectivity index (χ1v) is 7.96. The van der Waals surface area contributed by atoms with E-state index in [-0.39, 0.29) is 22.3 Å². The maximum absolute atomic E-state index is 13.1. The molecule has 2 aromatic carbocycles. The number of benzene rings is 2. The molecule has 0 heterocycles. The maximum Gasteiger partial charge on any atom is 0.307 e. The number of methoxy groups -OCH3 is 1. The van der Waals surface area contributed by atoms with Crippen LogP contribution in [0.1, 0.15) is 37.4 Å². The number of carbonyl (C=O) groups excluding carboxylic acids is 2. The fourth-order valence-corrected chi connectivity index (χ4v) is 2.96. The second-order valence-corrected chi connectivity index (χ2v) is 5.79. The van der Waals surface area contributed by atoms with Crippen molar-refractivity contribution < 1.29 is 39.2 Å². The molecule has 0 aliphatic carbocycles. The van der Waals surface area contributed by atoms with Crippen LogP contribution in [0.2, 0.25) is 0 Å². The van der Waals surface area contributed by atoms with Gasteiger partial charge in [-0.1, -0.05) is 30.3 Å². The predicted octanol–water partition coefficient (Wildman–Crippen LogP) is 0.985. The monoisotopic (exact) mass is 387 g/mol. The van der Waals surface area contributed by atoms with Crippen LogP contribution in [-0.4, -0.2) is 46.1 Å². The second-order valence-electron chi connectivity index (χ2n) is 5.79. The van der Waals surface area contributed by atoms with E-state index in [4.69, 9.17) is 10.5 Å². The Morgan fingerprint density at radius 2 is 1.46 bits per heavy atom. The van der Waals surface area contributed by atoms with Gasteiger partial charge in [0.15, 0.2) is 17.3 Å². The standard InChI is InChI=1S/C19H17NO8/c1-28-18-11(8-13(23)24)14(16(25)9-5-3-2-4-6-9)10(7-12(21)22)15(17(18)26)19(20)27/h2-6,26H,7-8H2,1H3,(H2,20,27)(H,21,22)(H,23,24). The van der Waals surface area contributed by atoms with Crippen molar-refractivity contribution in [2.45, 2.75) is 12.8 Å². The summed E-state index contributed by atoms with van der Waals surface area (Å²) in [5.74, 6) is -5.91. The first-order valence-electron chi connectivity index (χ1n) is 7.96. The summed E-state index contributed by atoms with van der Waals surface area (Å²) in [6.07, 6.45) is -1.59. The summed E-state index contributed by atoms with van der Waals surface area (Å²) in [4.78, 5) is 47.8. The van der Waals surface area contributed by atoms with Crippen molar-refractivity contribution in [1.82, 2.24) is 0 Å². The summed E-state index contributed by atoms with van der Waals surface area (Å²) >= 11 is 0. The number of ketones is 1. The van der Waals surface area contributed by atoms with Gasteiger partial charge in [0.1, 0.15) is 0 Å². The van der Waals surface area contributed by atoms with Crippen molar-refractivity contribution in [2.24, 2.45) is 5.73 Å². The minimum absolute atomic E-state index is 0.129. The van der Waals surface area contributed by atoms with Crippen molar-refractivity contribution in [3.8, 4) is 11.5 Å². The molecule has 2 rings (SSSR count). The molecule has 0 unspecified atom stereocenters. The Hall–Kier alpha value is -3.88. The topological polar surface area (TPSA) is 164 Å². The normalized spacial score (nSPS) is 10.3. The van der Waals surface area contributed by atoms with E-state index in [2.05, 4.69) is 0 Å². The van der Waals surface area contributed by atoms with E-state index in [0.717, 1.165) is 7.11 Å². The SMILES string of the molecule is COc1c(O)c(C(N)=O)c(CC(=O)O)c(C(=O)c2ccccc2)c1CC(=O)O. The van der Waals surface area contributed by atoms with Gasteiger partial charge in [0.25, 0.3) is 5.91 Å². The van der Waals surface area contributed by atoms with E-state index >= 15 is 0 Å². The molecule has 0 aliphatic rings. The Labute approximate surface area is 159 Å². The number of carbonyl (C=O) groups is 4. The molecule has 0 atom stereocenters. The number of carboxylic acid groups (broad SMARTS) is 2. The molecular weight excluding hydrogens is 370 g/mol. The van der Waals surface area contributed by atoms with E-state index in [1.165, 1.54) is 12.1 Å². The zero-order valence-electron chi connectivity index (χ0n) is 14.8. The summed E-state index contributed by atoms with van der Waals surface area (Å²) in [5, 5.41) is 28.9. The Kier molecular flexibility index (Phi) is 5.99. The van der Waals surface area contributed by atoms with Gasteiger partial charge in [0.2, 0.25) is 0 Å². The van der Waals surface area contributed by atoms with Gasteiger partial charge >= 0.3 is 11.9 Å². The van der Waals surface area contributed by atoms with Crippen LogP contribution in [0, 0.1) is 0 Å². The highest BCUT2D eigenvalue weighted by Gasteiger charge is 2.32. The Morgan fingerprint density at radius 1 is 0.929 bits per heavy atom. The van der Waals surface area contributed by atoms with Crippen LogP contribution in [0.15, 0.2) is 30.3 Å². The molecule has 0 aromatic heterocycles. The molecule has 9 heteroatoms. The fraction of sp³-hybridized carbons (Fsp3) is 0.158. The summed E-state index contributed by atoms with van der Waals surface area (Å²) in [6.45, 7) is 0. The van der Waals surface area contributed by atoms with Gasteiger partial charge in [0.05, 0.1) is 25.5 Å². The van der Waals surface area contributed by atoms with Crippen molar-refractivity contribution in [3.63, 3.8) is 0 Å². The van der Waals surface area contributed by atoms with Gasteiger partial charge in [-0.3, -0.25) is 19.2 Å². The molecule has 0 spiro atoms. The zero-order valence-corrected chi connectivity index (χ0v) is 14.8. The quantitative estimate of drug-likeness (QED) is 0.487. The molecule has 0 bridgehead atoms. The lowest BCUT2D eigenvalue weighted by atomic mass is 9.86. The van der Waals surface area contributed by atoms with Crippen LogP contribution in [0.25, 0.3) is 0 Å². The maximum atomic E-state index is 13.1. The number of amides is 1. The largest absolute Gasteiger partial charge is 0.504 e. The lowest BCUT2D eigenvalue weighted by Gasteiger charge is -2.20. The van der Waals surface area contributed by atoms with Gasteiger partial charge in [-0.05, 0) is 5.56 Å². The van der Waals surface area contributed by atoms with Crippen molar-refractivity contribution in [3.05, 3.63) is 58.1 Å². The summed E-state index contributed by atoms with van der Waals surface area (Å²) in [5.41, 5.74) is 3.86. The number of aromatic hydroxyl groups is 1. The van der Waals surface area contributed by atoms with Crippen molar-refractivity contribution in [2.75, 3.05) is 7.11 Å². The lowest BCUT2D eigenvalue weighted by molar-refractivity contribution is -0.137. The fourth-order valence-electron chi connectivity index (χ4n) is 2.96. The zero-order chi connectivity index (χ0) is 21.0. The molecular formula is C19H17NO8.